The van der Waals surface area contributed by atoms with Crippen LogP contribution in [-0.2, 0) is 15.7 Å². The highest BCUT2D eigenvalue weighted by molar-refractivity contribution is 7.07. The van der Waals surface area contributed by atoms with E-state index in [1.165, 1.54) is 36.4 Å². The van der Waals surface area contributed by atoms with Crippen LogP contribution in [0.5, 0.6) is 0 Å². The highest BCUT2D eigenvalue weighted by Crippen LogP contribution is 2.29. The summed E-state index contributed by atoms with van der Waals surface area (Å²) in [7, 11) is 0. The van der Waals surface area contributed by atoms with Crippen LogP contribution in [0.3, 0.4) is 0 Å². The summed E-state index contributed by atoms with van der Waals surface area (Å²) in [5.41, 5.74) is -1.82. The predicted molar refractivity (Wildman–Crippen MR) is 133 cm³/mol. The second kappa shape index (κ2) is 11.7. The Kier molecular flexibility index (Phi) is 8.41. The second-order valence-electron chi connectivity index (χ2n) is 8.32. The molecule has 4 rings (SSSR count). The molecule has 0 radical (unpaired) electrons. The number of amides is 1. The normalized spacial score (nSPS) is 15.7. The summed E-state index contributed by atoms with van der Waals surface area (Å²) < 4.78 is 59.6. The number of hydrogen-bond donors (Lipinski definition) is 1. The van der Waals surface area contributed by atoms with Crippen molar-refractivity contribution >= 4 is 28.9 Å². The molecule has 1 aliphatic heterocycles. The standard InChI is InChI=1S/C26H22F4N4O3S/c27-20-3-1-2-4-21(20)34-24(36)22(15-17-5-7-18(8-6-17)26(28,29)30)38-25(34)19(16-31)23(35)32-9-10-33-11-13-37-14-12-33/h1-8,15H,9-14H2,(H,32,35)/b22-15+,25-19-. The largest absolute Gasteiger partial charge is 0.416 e. The monoisotopic (exact) mass is 546 g/mol. The fourth-order valence-electron chi connectivity index (χ4n) is 3.86. The molecule has 3 aromatic rings. The molecule has 2 aromatic carbocycles. The summed E-state index contributed by atoms with van der Waals surface area (Å²) >= 11 is 0.775. The van der Waals surface area contributed by atoms with E-state index in [4.69, 9.17) is 4.74 Å². The molecule has 0 unspecified atom stereocenters. The molecule has 1 aromatic heterocycles. The summed E-state index contributed by atoms with van der Waals surface area (Å²) in [6.07, 6.45) is -3.18. The smallest absolute Gasteiger partial charge is 0.379 e. The summed E-state index contributed by atoms with van der Waals surface area (Å²) in [6, 6.07) is 11.4. The average Bonchev–Trinajstić information content (AvgIpc) is 3.20. The van der Waals surface area contributed by atoms with Crippen molar-refractivity contribution in [3.05, 3.63) is 85.0 Å². The maximum Gasteiger partial charge on any atom is 0.416 e. The van der Waals surface area contributed by atoms with Gasteiger partial charge in [0.1, 0.15) is 16.5 Å². The van der Waals surface area contributed by atoms with Gasteiger partial charge in [0.2, 0.25) is 0 Å². The molecule has 0 aliphatic carbocycles. The van der Waals surface area contributed by atoms with Crippen LogP contribution in [0.25, 0.3) is 17.3 Å². The lowest BCUT2D eigenvalue weighted by atomic mass is 10.1. The Labute approximate surface area is 218 Å². The average molecular weight is 547 g/mol. The number of aromatic nitrogens is 1. The van der Waals surface area contributed by atoms with Crippen molar-refractivity contribution in [2.24, 2.45) is 0 Å². The van der Waals surface area contributed by atoms with Gasteiger partial charge >= 0.3 is 6.18 Å². The number of hydrogen-bond acceptors (Lipinski definition) is 6. The fraction of sp³-hybridized carbons (Fsp3) is 0.269. The number of halogens is 4. The van der Waals surface area contributed by atoms with E-state index in [1.807, 2.05) is 6.07 Å². The Hall–Kier alpha value is -3.79. The third-order valence-corrected chi connectivity index (χ3v) is 6.92. The Morgan fingerprint density at radius 1 is 1.13 bits per heavy atom. The van der Waals surface area contributed by atoms with Crippen LogP contribution in [0, 0.1) is 17.1 Å². The number of nitrogens with zero attached hydrogens (tertiary/aromatic N) is 3. The third kappa shape index (κ3) is 6.19. The number of morpholine rings is 1. The minimum absolute atomic E-state index is 0.0110. The lowest BCUT2D eigenvalue weighted by Gasteiger charge is -2.26. The van der Waals surface area contributed by atoms with Crippen LogP contribution in [-0.4, -0.2) is 54.8 Å². The van der Waals surface area contributed by atoms with E-state index < -0.39 is 29.0 Å². The van der Waals surface area contributed by atoms with Crippen molar-refractivity contribution in [3.8, 4) is 11.8 Å². The number of benzene rings is 2. The van der Waals surface area contributed by atoms with Crippen LogP contribution in [0.4, 0.5) is 17.6 Å². The maximum atomic E-state index is 14.7. The summed E-state index contributed by atoms with van der Waals surface area (Å²) in [5.74, 6) is -1.48. The van der Waals surface area contributed by atoms with Crippen LogP contribution >= 0.6 is 11.3 Å². The number of alkyl halides is 3. The zero-order valence-electron chi connectivity index (χ0n) is 19.9. The van der Waals surface area contributed by atoms with Crippen molar-refractivity contribution in [1.29, 1.82) is 5.26 Å². The zero-order chi connectivity index (χ0) is 27.3. The summed E-state index contributed by atoms with van der Waals surface area (Å²) in [4.78, 5) is 28.4. The predicted octanol–water partition coefficient (Wildman–Crippen LogP) is 2.01. The van der Waals surface area contributed by atoms with Gasteiger partial charge in [-0.05, 0) is 35.9 Å². The zero-order valence-corrected chi connectivity index (χ0v) is 20.7. The molecule has 0 atom stereocenters. The quantitative estimate of drug-likeness (QED) is 0.478. The molecular formula is C26H22F4N4O3S. The van der Waals surface area contributed by atoms with Gasteiger partial charge in [0, 0.05) is 26.2 Å². The molecule has 1 fully saturated rings. The Balaban J connectivity index is 1.77. The molecular weight excluding hydrogens is 524 g/mol. The van der Waals surface area contributed by atoms with Gasteiger partial charge in [0.25, 0.3) is 11.5 Å². The molecule has 1 N–H and O–H groups in total. The first-order chi connectivity index (χ1) is 18.2. The Bertz CT molecular complexity index is 1530. The molecule has 198 valence electrons. The fourth-order valence-corrected chi connectivity index (χ4v) is 4.95. The maximum absolute atomic E-state index is 14.7. The lowest BCUT2D eigenvalue weighted by Crippen LogP contribution is -2.42. The molecule has 0 spiro atoms. The van der Waals surface area contributed by atoms with Gasteiger partial charge in [-0.2, -0.15) is 18.4 Å². The van der Waals surface area contributed by atoms with Gasteiger partial charge < -0.3 is 10.1 Å². The highest BCUT2D eigenvalue weighted by atomic mass is 32.1. The molecule has 38 heavy (non-hydrogen) atoms. The van der Waals surface area contributed by atoms with Gasteiger partial charge in [-0.1, -0.05) is 24.3 Å². The van der Waals surface area contributed by atoms with Crippen molar-refractivity contribution < 1.29 is 27.1 Å². The Morgan fingerprint density at radius 2 is 1.82 bits per heavy atom. The van der Waals surface area contributed by atoms with Crippen LogP contribution in [0.15, 0.2) is 53.3 Å². The number of nitriles is 1. The molecule has 1 saturated heterocycles. The number of rotatable bonds is 6. The van der Waals surface area contributed by atoms with Gasteiger partial charge in [-0.25, -0.2) is 4.39 Å². The third-order valence-electron chi connectivity index (χ3n) is 5.82. The van der Waals surface area contributed by atoms with E-state index >= 15 is 0 Å². The van der Waals surface area contributed by atoms with Crippen LogP contribution in [0.2, 0.25) is 0 Å². The molecule has 7 nitrogen and oxygen atoms in total. The van der Waals surface area contributed by atoms with Gasteiger partial charge in [0.15, 0.2) is 5.57 Å². The molecule has 2 heterocycles. The van der Waals surface area contributed by atoms with Crippen molar-refractivity contribution in [1.82, 2.24) is 14.8 Å². The van der Waals surface area contributed by atoms with E-state index in [2.05, 4.69) is 10.2 Å². The number of carbonyl (C=O) groups is 1. The highest BCUT2D eigenvalue weighted by Gasteiger charge is 2.29. The minimum Gasteiger partial charge on any atom is -0.379 e. The molecule has 1 aliphatic rings. The molecule has 12 heteroatoms. The van der Waals surface area contributed by atoms with Gasteiger partial charge in [0.05, 0.1) is 29.0 Å². The summed E-state index contributed by atoms with van der Waals surface area (Å²) in [6.45, 7) is 3.38. The van der Waals surface area contributed by atoms with E-state index in [-0.39, 0.29) is 32.6 Å². The van der Waals surface area contributed by atoms with E-state index in [0.29, 0.717) is 32.8 Å². The Morgan fingerprint density at radius 3 is 2.45 bits per heavy atom. The topological polar surface area (TPSA) is 87.4 Å². The van der Waals surface area contributed by atoms with Crippen LogP contribution < -0.4 is 20.1 Å². The van der Waals surface area contributed by atoms with Gasteiger partial charge in [-0.15, -0.1) is 11.3 Å². The van der Waals surface area contributed by atoms with E-state index in [1.54, 1.807) is 0 Å². The van der Waals surface area contributed by atoms with Crippen LogP contribution in [0.1, 0.15) is 11.1 Å². The van der Waals surface area contributed by atoms with E-state index in [9.17, 15) is 32.4 Å². The first-order valence-corrected chi connectivity index (χ1v) is 12.4. The molecule has 1 amide bonds. The number of nitrogens with one attached hydrogen (secondary N) is 1. The van der Waals surface area contributed by atoms with Crippen molar-refractivity contribution in [2.75, 3.05) is 39.4 Å². The molecule has 0 bridgehead atoms. The van der Waals surface area contributed by atoms with Crippen molar-refractivity contribution in [3.63, 3.8) is 0 Å². The van der Waals surface area contributed by atoms with E-state index in [0.717, 1.165) is 34.1 Å². The SMILES string of the molecule is N#C/C(C(=O)NCCN1CCOCC1)=c1/s/c(=C/c2ccc(C(F)(F)F)cc2)c(=O)n1-c1ccccc1F. The first-order valence-electron chi connectivity index (χ1n) is 11.6. The second-order valence-corrected chi connectivity index (χ2v) is 9.35. The number of para-hydroxylation sites is 1. The number of thiazole rings is 1. The lowest BCUT2D eigenvalue weighted by molar-refractivity contribution is -0.137. The first kappa shape index (κ1) is 27.3. The molecule has 0 saturated carbocycles. The number of ether oxygens (including phenoxy) is 1. The number of carbonyl (C=O) groups excluding carboxylic acids is 1. The van der Waals surface area contributed by atoms with Crippen molar-refractivity contribution in [2.45, 2.75) is 6.18 Å². The summed E-state index contributed by atoms with van der Waals surface area (Å²) in [5, 5.41) is 12.5. The van der Waals surface area contributed by atoms with Gasteiger partial charge in [-0.3, -0.25) is 19.1 Å². The minimum atomic E-state index is -4.52.